The van der Waals surface area contributed by atoms with Gasteiger partial charge >= 0.3 is 0 Å². The number of halogens is 3. The fraction of sp³-hybridized carbons (Fsp3) is 0.0909. The maximum absolute atomic E-state index is 13.6. The summed E-state index contributed by atoms with van der Waals surface area (Å²) >= 11 is 8.88. The minimum absolute atomic E-state index is 0.121. The van der Waals surface area contributed by atoms with E-state index in [4.69, 9.17) is 11.6 Å². The summed E-state index contributed by atoms with van der Waals surface area (Å²) in [5.74, 6) is 0.125. The molecule has 17 heavy (non-hydrogen) atoms. The molecule has 6 heteroatoms. The first-order chi connectivity index (χ1) is 8.06. The van der Waals surface area contributed by atoms with Crippen LogP contribution < -0.4 is 5.32 Å². The van der Waals surface area contributed by atoms with Crippen molar-refractivity contribution >= 4 is 39.0 Å². The quantitative estimate of drug-likeness (QED) is 0.848. The lowest BCUT2D eigenvalue weighted by molar-refractivity contribution is 0.631. The Morgan fingerprint density at radius 2 is 2.18 bits per heavy atom. The highest BCUT2D eigenvalue weighted by Crippen LogP contribution is 2.24. The highest BCUT2D eigenvalue weighted by molar-refractivity contribution is 9.10. The van der Waals surface area contributed by atoms with Crippen LogP contribution in [-0.2, 0) is 0 Å². The predicted molar refractivity (Wildman–Crippen MR) is 69.2 cm³/mol. The number of hydrogen-bond donors (Lipinski definition) is 1. The van der Waals surface area contributed by atoms with Gasteiger partial charge in [-0.25, -0.2) is 14.4 Å². The molecule has 0 spiro atoms. The SMILES string of the molecule is Cc1cnc(Cl)nc1Nc1ccc(Br)cc1F. The highest BCUT2D eigenvalue weighted by atomic mass is 79.9. The minimum atomic E-state index is -0.367. The molecule has 0 aliphatic heterocycles. The molecule has 0 saturated carbocycles. The second-order valence-corrected chi connectivity index (χ2v) is 4.67. The van der Waals surface area contributed by atoms with E-state index in [0.717, 1.165) is 5.56 Å². The van der Waals surface area contributed by atoms with Crippen LogP contribution in [0.4, 0.5) is 15.9 Å². The Morgan fingerprint density at radius 3 is 2.88 bits per heavy atom. The van der Waals surface area contributed by atoms with Gasteiger partial charge < -0.3 is 5.32 Å². The van der Waals surface area contributed by atoms with E-state index in [-0.39, 0.29) is 11.1 Å². The average Bonchev–Trinajstić information content (AvgIpc) is 2.27. The van der Waals surface area contributed by atoms with Gasteiger partial charge in [0, 0.05) is 16.2 Å². The van der Waals surface area contributed by atoms with Crippen molar-refractivity contribution in [2.75, 3.05) is 5.32 Å². The Kier molecular flexibility index (Phi) is 3.59. The van der Waals surface area contributed by atoms with Crippen molar-refractivity contribution < 1.29 is 4.39 Å². The average molecular weight is 317 g/mol. The van der Waals surface area contributed by atoms with E-state index >= 15 is 0 Å². The van der Waals surface area contributed by atoms with Crippen molar-refractivity contribution in [1.82, 2.24) is 9.97 Å². The molecule has 0 atom stereocenters. The molecule has 0 saturated heterocycles. The van der Waals surface area contributed by atoms with Crippen LogP contribution in [-0.4, -0.2) is 9.97 Å². The van der Waals surface area contributed by atoms with Crippen LogP contribution in [0.25, 0.3) is 0 Å². The summed E-state index contributed by atoms with van der Waals surface area (Å²) < 4.78 is 14.3. The van der Waals surface area contributed by atoms with Crippen molar-refractivity contribution in [2.45, 2.75) is 6.92 Å². The first kappa shape index (κ1) is 12.3. The first-order valence-electron chi connectivity index (χ1n) is 4.77. The first-order valence-corrected chi connectivity index (χ1v) is 5.94. The third-order valence-electron chi connectivity index (χ3n) is 2.13. The molecular formula is C11H8BrClFN3. The molecule has 1 aromatic carbocycles. The number of nitrogens with one attached hydrogen (secondary N) is 1. The van der Waals surface area contributed by atoms with E-state index < -0.39 is 0 Å². The molecule has 0 aliphatic rings. The fourth-order valence-corrected chi connectivity index (χ4v) is 1.73. The van der Waals surface area contributed by atoms with E-state index in [1.54, 1.807) is 18.3 Å². The van der Waals surface area contributed by atoms with Gasteiger partial charge in [0.05, 0.1) is 5.69 Å². The van der Waals surface area contributed by atoms with Gasteiger partial charge in [0.1, 0.15) is 11.6 Å². The van der Waals surface area contributed by atoms with E-state index in [2.05, 4.69) is 31.2 Å². The molecule has 0 aliphatic carbocycles. The second-order valence-electron chi connectivity index (χ2n) is 3.42. The van der Waals surface area contributed by atoms with Gasteiger partial charge in [0.25, 0.3) is 0 Å². The maximum atomic E-state index is 13.6. The minimum Gasteiger partial charge on any atom is -0.337 e. The van der Waals surface area contributed by atoms with E-state index in [0.29, 0.717) is 16.0 Å². The number of aromatic nitrogens is 2. The van der Waals surface area contributed by atoms with E-state index in [1.807, 2.05) is 6.92 Å². The third kappa shape index (κ3) is 2.92. The molecule has 0 bridgehead atoms. The number of rotatable bonds is 2. The summed E-state index contributed by atoms with van der Waals surface area (Å²) in [6, 6.07) is 4.73. The Bertz CT molecular complexity index is 562. The van der Waals surface area contributed by atoms with Crippen molar-refractivity contribution in [3.8, 4) is 0 Å². The van der Waals surface area contributed by atoms with E-state index in [9.17, 15) is 4.39 Å². The molecule has 0 unspecified atom stereocenters. The largest absolute Gasteiger partial charge is 0.337 e. The van der Waals surface area contributed by atoms with E-state index in [1.165, 1.54) is 6.07 Å². The van der Waals surface area contributed by atoms with Crippen molar-refractivity contribution in [1.29, 1.82) is 0 Å². The van der Waals surface area contributed by atoms with Crippen LogP contribution in [0.3, 0.4) is 0 Å². The summed E-state index contributed by atoms with van der Waals surface area (Å²) in [7, 11) is 0. The zero-order valence-electron chi connectivity index (χ0n) is 8.84. The topological polar surface area (TPSA) is 37.8 Å². The molecule has 88 valence electrons. The highest BCUT2D eigenvalue weighted by Gasteiger charge is 2.07. The molecule has 2 rings (SSSR count). The maximum Gasteiger partial charge on any atom is 0.224 e. The Labute approximate surface area is 111 Å². The van der Waals surface area contributed by atoms with Gasteiger partial charge in [-0.1, -0.05) is 15.9 Å². The van der Waals surface area contributed by atoms with Gasteiger partial charge in [-0.05, 0) is 36.7 Å². The predicted octanol–water partition coefficient (Wildman–Crippen LogP) is 4.08. The van der Waals surface area contributed by atoms with Gasteiger partial charge in [-0.2, -0.15) is 0 Å². The lowest BCUT2D eigenvalue weighted by Crippen LogP contribution is -1.99. The number of aryl methyl sites for hydroxylation is 1. The molecular weight excluding hydrogens is 308 g/mol. The van der Waals surface area contributed by atoms with Gasteiger partial charge in [0.2, 0.25) is 5.28 Å². The molecule has 1 N–H and O–H groups in total. The van der Waals surface area contributed by atoms with Crippen LogP contribution in [0.5, 0.6) is 0 Å². The molecule has 3 nitrogen and oxygen atoms in total. The Morgan fingerprint density at radius 1 is 1.41 bits per heavy atom. The van der Waals surface area contributed by atoms with Crippen LogP contribution >= 0.6 is 27.5 Å². The van der Waals surface area contributed by atoms with Crippen LogP contribution in [0, 0.1) is 12.7 Å². The zero-order valence-corrected chi connectivity index (χ0v) is 11.2. The third-order valence-corrected chi connectivity index (χ3v) is 2.80. The van der Waals surface area contributed by atoms with Gasteiger partial charge in [0.15, 0.2) is 0 Å². The molecule has 1 aromatic heterocycles. The number of anilines is 2. The molecule has 1 heterocycles. The second kappa shape index (κ2) is 4.98. The summed E-state index contributed by atoms with van der Waals surface area (Å²) in [6.45, 7) is 1.81. The Hall–Kier alpha value is -1.20. The van der Waals surface area contributed by atoms with Crippen LogP contribution in [0.1, 0.15) is 5.56 Å². The molecule has 0 amide bonds. The molecule has 0 fully saturated rings. The van der Waals surface area contributed by atoms with Gasteiger partial charge in [-0.3, -0.25) is 0 Å². The van der Waals surface area contributed by atoms with Crippen molar-refractivity contribution in [3.63, 3.8) is 0 Å². The number of benzene rings is 1. The smallest absolute Gasteiger partial charge is 0.224 e. The van der Waals surface area contributed by atoms with Crippen molar-refractivity contribution in [2.24, 2.45) is 0 Å². The monoisotopic (exact) mass is 315 g/mol. The fourth-order valence-electron chi connectivity index (χ4n) is 1.27. The zero-order chi connectivity index (χ0) is 12.4. The lowest BCUT2D eigenvalue weighted by Gasteiger charge is -2.09. The van der Waals surface area contributed by atoms with Crippen LogP contribution in [0.15, 0.2) is 28.9 Å². The Balaban J connectivity index is 2.34. The lowest BCUT2D eigenvalue weighted by atomic mass is 10.3. The normalized spacial score (nSPS) is 10.4. The molecule has 0 radical (unpaired) electrons. The summed E-state index contributed by atoms with van der Waals surface area (Å²) in [5, 5.41) is 3.00. The van der Waals surface area contributed by atoms with Crippen molar-refractivity contribution in [3.05, 3.63) is 45.5 Å². The standard InChI is InChI=1S/C11H8BrClFN3/c1-6-5-15-11(13)17-10(6)16-9-3-2-7(12)4-8(9)14/h2-5H,1H3,(H,15,16,17). The summed E-state index contributed by atoms with van der Waals surface area (Å²) in [6.07, 6.45) is 1.58. The molecule has 2 aromatic rings. The number of nitrogens with zero attached hydrogens (tertiary/aromatic N) is 2. The van der Waals surface area contributed by atoms with Crippen LogP contribution in [0.2, 0.25) is 5.28 Å². The van der Waals surface area contributed by atoms with Gasteiger partial charge in [-0.15, -0.1) is 0 Å². The summed E-state index contributed by atoms with van der Waals surface area (Å²) in [4.78, 5) is 7.83. The number of hydrogen-bond acceptors (Lipinski definition) is 3. The summed E-state index contributed by atoms with van der Waals surface area (Å²) in [5.41, 5.74) is 1.13.